The summed E-state index contributed by atoms with van der Waals surface area (Å²) in [5.41, 5.74) is 2.48. The maximum atomic E-state index is 12.7. The molecular weight excluding hydrogens is 507 g/mol. The fourth-order valence-corrected chi connectivity index (χ4v) is 2.95. The van der Waals surface area contributed by atoms with Gasteiger partial charge in [-0.2, -0.15) is 8.78 Å². The molecule has 0 saturated carbocycles. The van der Waals surface area contributed by atoms with Gasteiger partial charge in [-0.25, -0.2) is 4.98 Å². The Morgan fingerprint density at radius 1 is 1.17 bits per heavy atom. The maximum absolute atomic E-state index is 12.7. The lowest BCUT2D eigenvalue weighted by Crippen LogP contribution is -2.37. The van der Waals surface area contributed by atoms with E-state index in [1.54, 1.807) is 19.2 Å². The van der Waals surface area contributed by atoms with Crippen LogP contribution in [0, 0.1) is 0 Å². The molecule has 7 nitrogen and oxygen atoms in total. The minimum atomic E-state index is -2.91. The number of para-hydroxylation sites is 2. The lowest BCUT2D eigenvalue weighted by atomic mass is 10.2. The van der Waals surface area contributed by atoms with Crippen LogP contribution in [0.2, 0.25) is 0 Å². The van der Waals surface area contributed by atoms with Crippen LogP contribution < -0.4 is 20.1 Å². The molecule has 0 saturated heterocycles. The second-order valence-electron chi connectivity index (χ2n) is 6.21. The van der Waals surface area contributed by atoms with Gasteiger partial charge in [-0.3, -0.25) is 4.99 Å². The highest BCUT2D eigenvalue weighted by Gasteiger charge is 2.12. The van der Waals surface area contributed by atoms with Gasteiger partial charge >= 0.3 is 6.61 Å². The first-order valence-corrected chi connectivity index (χ1v) is 8.98. The van der Waals surface area contributed by atoms with E-state index in [2.05, 4.69) is 25.3 Å². The minimum Gasteiger partial charge on any atom is -0.497 e. The number of rotatable bonds is 7. The molecule has 0 aliphatic carbocycles. The molecule has 3 rings (SSSR count). The molecule has 1 aromatic heterocycles. The summed E-state index contributed by atoms with van der Waals surface area (Å²) in [7, 11) is 5.09. The lowest BCUT2D eigenvalue weighted by molar-refractivity contribution is -0.0504. The zero-order valence-corrected chi connectivity index (χ0v) is 19.2. The van der Waals surface area contributed by atoms with Crippen molar-refractivity contribution >= 4 is 41.0 Å². The number of nitrogens with one attached hydrogen (secondary N) is 2. The number of aromatic nitrogens is 2. The number of nitrogens with zero attached hydrogens (tertiary/aromatic N) is 3. The number of halogens is 3. The summed E-state index contributed by atoms with van der Waals surface area (Å²) >= 11 is 0. The monoisotopic (exact) mass is 531 g/mol. The summed E-state index contributed by atoms with van der Waals surface area (Å²) in [6.45, 7) is -2.23. The molecule has 0 spiro atoms. The van der Waals surface area contributed by atoms with E-state index in [-0.39, 0.29) is 36.3 Å². The maximum Gasteiger partial charge on any atom is 0.387 e. The summed E-state index contributed by atoms with van der Waals surface area (Å²) < 4.78 is 37.1. The number of guanidine groups is 1. The average molecular weight is 531 g/mol. The molecule has 2 aromatic carbocycles. The Balaban J connectivity index is 0.00000320. The van der Waals surface area contributed by atoms with Gasteiger partial charge in [-0.05, 0) is 30.3 Å². The van der Waals surface area contributed by atoms with Crippen molar-refractivity contribution in [2.24, 2.45) is 12.0 Å². The van der Waals surface area contributed by atoms with Gasteiger partial charge in [-0.1, -0.05) is 12.1 Å². The summed E-state index contributed by atoms with van der Waals surface area (Å²) in [6, 6.07) is 12.5. The van der Waals surface area contributed by atoms with Gasteiger partial charge in [0, 0.05) is 26.2 Å². The largest absolute Gasteiger partial charge is 0.497 e. The lowest BCUT2D eigenvalue weighted by Gasteiger charge is -2.15. The molecule has 0 aliphatic rings. The Bertz CT molecular complexity index is 1010. The Morgan fingerprint density at radius 2 is 1.90 bits per heavy atom. The third kappa shape index (κ3) is 5.71. The van der Waals surface area contributed by atoms with Crippen molar-refractivity contribution in [2.45, 2.75) is 19.7 Å². The third-order valence-electron chi connectivity index (χ3n) is 4.45. The fourth-order valence-electron chi connectivity index (χ4n) is 2.95. The number of hydrogen-bond acceptors (Lipinski definition) is 4. The third-order valence-corrected chi connectivity index (χ3v) is 4.45. The molecule has 0 bridgehead atoms. The highest BCUT2D eigenvalue weighted by molar-refractivity contribution is 14.0. The van der Waals surface area contributed by atoms with E-state index in [4.69, 9.17) is 4.74 Å². The molecule has 2 N–H and O–H groups in total. The quantitative estimate of drug-likeness (QED) is 0.277. The number of fused-ring (bicyclic) bond motifs is 1. The molecule has 162 valence electrons. The SMILES string of the molecule is CN=C(NCc1cc(OC)ccc1OC(F)F)NCc1nc2ccccc2n1C.I. The molecule has 0 radical (unpaired) electrons. The number of ether oxygens (including phenoxy) is 2. The van der Waals surface area contributed by atoms with Crippen molar-refractivity contribution in [3.05, 3.63) is 53.9 Å². The molecular formula is C20H24F2IN5O2. The second-order valence-corrected chi connectivity index (χ2v) is 6.21. The topological polar surface area (TPSA) is 72.7 Å². The van der Waals surface area contributed by atoms with Crippen LogP contribution in [0.15, 0.2) is 47.5 Å². The van der Waals surface area contributed by atoms with Crippen LogP contribution >= 0.6 is 24.0 Å². The first-order chi connectivity index (χ1) is 14.0. The zero-order valence-electron chi connectivity index (χ0n) is 16.9. The number of imidazole rings is 1. The van der Waals surface area contributed by atoms with Crippen LogP contribution in [0.5, 0.6) is 11.5 Å². The number of aryl methyl sites for hydroxylation is 1. The van der Waals surface area contributed by atoms with E-state index < -0.39 is 6.61 Å². The van der Waals surface area contributed by atoms with Crippen LogP contribution in [0.4, 0.5) is 8.78 Å². The molecule has 10 heteroatoms. The molecule has 0 fully saturated rings. The predicted octanol–water partition coefficient (Wildman–Crippen LogP) is 3.67. The van der Waals surface area contributed by atoms with Crippen LogP contribution in [-0.4, -0.2) is 36.3 Å². The van der Waals surface area contributed by atoms with Gasteiger partial charge in [-0.15, -0.1) is 24.0 Å². The van der Waals surface area contributed by atoms with Crippen LogP contribution in [0.25, 0.3) is 11.0 Å². The molecule has 0 unspecified atom stereocenters. The van der Waals surface area contributed by atoms with Gasteiger partial charge in [0.05, 0.1) is 24.7 Å². The Morgan fingerprint density at radius 3 is 2.57 bits per heavy atom. The highest BCUT2D eigenvalue weighted by Crippen LogP contribution is 2.25. The van der Waals surface area contributed by atoms with Crippen LogP contribution in [-0.2, 0) is 20.1 Å². The van der Waals surface area contributed by atoms with Gasteiger partial charge in [0.15, 0.2) is 5.96 Å². The normalized spacial score (nSPS) is 11.3. The zero-order chi connectivity index (χ0) is 20.8. The summed E-state index contributed by atoms with van der Waals surface area (Å²) in [6.07, 6.45) is 0. The summed E-state index contributed by atoms with van der Waals surface area (Å²) in [4.78, 5) is 8.78. The first-order valence-electron chi connectivity index (χ1n) is 8.98. The van der Waals surface area contributed by atoms with E-state index >= 15 is 0 Å². The van der Waals surface area contributed by atoms with Crippen molar-refractivity contribution in [1.82, 2.24) is 20.2 Å². The summed E-state index contributed by atoms with van der Waals surface area (Å²) in [5.74, 6) is 1.98. The highest BCUT2D eigenvalue weighted by atomic mass is 127. The number of aliphatic imine (C=N–C) groups is 1. The minimum absolute atomic E-state index is 0. The molecule has 1 heterocycles. The molecule has 0 atom stereocenters. The van der Waals surface area contributed by atoms with E-state index in [0.717, 1.165) is 16.9 Å². The van der Waals surface area contributed by atoms with Crippen molar-refractivity contribution in [3.63, 3.8) is 0 Å². The van der Waals surface area contributed by atoms with Crippen LogP contribution in [0.1, 0.15) is 11.4 Å². The Hall–Kier alpha value is -2.63. The van der Waals surface area contributed by atoms with Crippen LogP contribution in [0.3, 0.4) is 0 Å². The molecule has 0 aliphatic heterocycles. The van der Waals surface area contributed by atoms with Crippen molar-refractivity contribution in [1.29, 1.82) is 0 Å². The van der Waals surface area contributed by atoms with E-state index in [0.29, 0.717) is 23.8 Å². The second kappa shape index (κ2) is 11.0. The predicted molar refractivity (Wildman–Crippen MR) is 123 cm³/mol. The van der Waals surface area contributed by atoms with E-state index in [9.17, 15) is 8.78 Å². The average Bonchev–Trinajstić information content (AvgIpc) is 3.04. The molecule has 30 heavy (non-hydrogen) atoms. The van der Waals surface area contributed by atoms with Gasteiger partial charge in [0.25, 0.3) is 0 Å². The fraction of sp³-hybridized carbons (Fsp3) is 0.300. The van der Waals surface area contributed by atoms with Crippen molar-refractivity contribution < 1.29 is 18.3 Å². The van der Waals surface area contributed by atoms with Crippen molar-refractivity contribution in [2.75, 3.05) is 14.2 Å². The molecule has 0 amide bonds. The number of benzene rings is 2. The van der Waals surface area contributed by atoms with Gasteiger partial charge in [0.2, 0.25) is 0 Å². The smallest absolute Gasteiger partial charge is 0.387 e. The number of alkyl halides is 2. The van der Waals surface area contributed by atoms with E-state index in [1.165, 1.54) is 13.2 Å². The molecule has 3 aromatic rings. The Labute approximate surface area is 190 Å². The summed E-state index contributed by atoms with van der Waals surface area (Å²) in [5, 5.41) is 6.28. The number of hydrogen-bond donors (Lipinski definition) is 2. The first kappa shape index (κ1) is 23.6. The van der Waals surface area contributed by atoms with Gasteiger partial charge in [0.1, 0.15) is 17.3 Å². The Kier molecular flexibility index (Phi) is 8.63. The van der Waals surface area contributed by atoms with Crippen molar-refractivity contribution in [3.8, 4) is 11.5 Å². The van der Waals surface area contributed by atoms with Gasteiger partial charge < -0.3 is 24.7 Å². The standard InChI is InChI=1S/C20H23F2N5O2.HI/c1-23-20(25-12-18-26-15-6-4-5-7-16(15)27(18)2)24-11-13-10-14(28-3)8-9-17(13)29-19(21)22;/h4-10,19H,11-12H2,1-3H3,(H2,23,24,25);1H. The number of methoxy groups -OCH3 is 1. The van der Waals surface area contributed by atoms with E-state index in [1.807, 2.05) is 35.9 Å².